The number of hydrogen-bond acceptors (Lipinski definition) is 15. The molecule has 4 atom stereocenters. The molecule has 0 saturated carbocycles. The number of rotatable bonds is 13. The number of amides is 2. The molecule has 0 unspecified atom stereocenters. The highest BCUT2D eigenvalue weighted by Crippen LogP contribution is 2.45. The number of thioether (sulfide) groups is 1. The molecule has 21 heteroatoms. The Morgan fingerprint density at radius 3 is 2.49 bits per heavy atom. The molecule has 0 spiro atoms. The van der Waals surface area contributed by atoms with Crippen molar-refractivity contribution in [1.29, 1.82) is 0 Å². The number of likely N-dealkylation sites (tertiary alicyclic amines) is 1. The molecule has 2 fully saturated rings. The van der Waals surface area contributed by atoms with Crippen molar-refractivity contribution in [2.45, 2.75) is 55.5 Å². The van der Waals surface area contributed by atoms with Crippen LogP contribution in [0.4, 0.5) is 5.13 Å². The number of hydrogen-bond donors (Lipinski definition) is 7. The van der Waals surface area contributed by atoms with Gasteiger partial charge < -0.3 is 50.4 Å². The number of phenolic OH excluding ortho intramolecular Hbond substituents is 2. The summed E-state index contributed by atoms with van der Waals surface area (Å²) in [7, 11) is 0. The summed E-state index contributed by atoms with van der Waals surface area (Å²) >= 11 is 2.21. The largest absolute Gasteiger partial charge is 0.504 e. The van der Waals surface area contributed by atoms with Gasteiger partial charge in [0.25, 0.3) is 11.8 Å². The maximum atomic E-state index is 13.6. The maximum absolute atomic E-state index is 13.6. The van der Waals surface area contributed by atoms with Crippen LogP contribution < -0.4 is 11.1 Å². The summed E-state index contributed by atoms with van der Waals surface area (Å²) in [6, 6.07) is 1.43. The van der Waals surface area contributed by atoms with Gasteiger partial charge in [0.05, 0.1) is 24.9 Å². The zero-order valence-electron chi connectivity index (χ0n) is 26.7. The summed E-state index contributed by atoms with van der Waals surface area (Å²) in [5, 5.41) is 59.7. The summed E-state index contributed by atoms with van der Waals surface area (Å²) in [4.78, 5) is 72.5. The molecule has 19 nitrogen and oxygen atoms in total. The van der Waals surface area contributed by atoms with Gasteiger partial charge in [0.2, 0.25) is 6.10 Å². The van der Waals surface area contributed by atoms with E-state index in [9.17, 15) is 44.4 Å². The first-order valence-electron chi connectivity index (χ1n) is 15.5. The van der Waals surface area contributed by atoms with Crippen LogP contribution in [0.2, 0.25) is 0 Å². The van der Waals surface area contributed by atoms with Gasteiger partial charge in [-0.15, -0.1) is 23.1 Å². The van der Waals surface area contributed by atoms with Crippen LogP contribution in [0.1, 0.15) is 37.6 Å². The molecule has 2 saturated heterocycles. The summed E-state index contributed by atoms with van der Waals surface area (Å²) in [6.45, 7) is 3.78. The van der Waals surface area contributed by atoms with Crippen molar-refractivity contribution in [3.63, 3.8) is 0 Å². The summed E-state index contributed by atoms with van der Waals surface area (Å²) in [5.74, 6) is -6.86. The van der Waals surface area contributed by atoms with Crippen molar-refractivity contribution >= 4 is 74.6 Å². The number of aromatic hydroxyl groups is 2. The number of nitrogens with zero attached hydrogens (tertiary/aromatic N) is 5. The molecule has 3 aromatic rings. The Bertz CT molecular complexity index is 2000. The lowest BCUT2D eigenvalue weighted by Crippen LogP contribution is -2.71. The monoisotopic (exact) mass is 746 g/mol. The number of carboxylic acid groups (broad SMARTS) is 3. The minimum atomic E-state index is -1.94. The molecule has 2 aromatic heterocycles. The third-order valence-corrected chi connectivity index (χ3v) is 11.1. The number of carbonyl (C=O) groups is 5. The number of carbonyl (C=O) groups excluding carboxylic acids is 2. The van der Waals surface area contributed by atoms with E-state index in [2.05, 4.69) is 20.6 Å². The average molecular weight is 747 g/mol. The van der Waals surface area contributed by atoms with Crippen LogP contribution >= 0.6 is 23.1 Å². The van der Waals surface area contributed by atoms with E-state index in [0.717, 1.165) is 29.1 Å². The van der Waals surface area contributed by atoms with Gasteiger partial charge in [-0.25, -0.2) is 14.6 Å². The van der Waals surface area contributed by atoms with Gasteiger partial charge in [0.15, 0.2) is 27.9 Å². The number of quaternary nitrogens is 1. The van der Waals surface area contributed by atoms with Crippen molar-refractivity contribution in [3.8, 4) is 11.5 Å². The fourth-order valence-corrected chi connectivity index (χ4v) is 8.48. The zero-order chi connectivity index (χ0) is 36.8. The number of aromatic nitrogens is 2. The quantitative estimate of drug-likeness (QED) is 0.0420. The zero-order valence-corrected chi connectivity index (χ0v) is 28.3. The van der Waals surface area contributed by atoms with Gasteiger partial charge in [-0.1, -0.05) is 10.3 Å². The number of thiazole rings is 1. The van der Waals surface area contributed by atoms with Crippen LogP contribution in [-0.4, -0.2) is 123 Å². The number of β-lactam (4-membered cyclic amide) rings is 1. The highest BCUT2D eigenvalue weighted by Gasteiger charge is 2.57. The number of fused-ring (bicyclic) bond motifs is 2. The van der Waals surface area contributed by atoms with E-state index in [1.54, 1.807) is 0 Å². The minimum Gasteiger partial charge on any atom is -0.504 e. The van der Waals surface area contributed by atoms with Crippen molar-refractivity contribution in [1.82, 2.24) is 20.4 Å². The van der Waals surface area contributed by atoms with Crippen molar-refractivity contribution in [2.75, 3.05) is 25.4 Å². The molecule has 5 heterocycles. The number of anilines is 1. The molecule has 8 N–H and O–H groups in total. The van der Waals surface area contributed by atoms with E-state index < -0.39 is 64.6 Å². The normalized spacial score (nSPS) is 22.0. The Morgan fingerprint density at radius 1 is 1.16 bits per heavy atom. The lowest BCUT2D eigenvalue weighted by Gasteiger charge is -2.51. The number of carboxylic acids is 3. The summed E-state index contributed by atoms with van der Waals surface area (Å²) in [5.41, 5.74) is 6.14. The Morgan fingerprint density at radius 2 is 1.86 bits per heavy atom. The molecule has 2 amide bonds. The first-order valence-corrected chi connectivity index (χ1v) is 17.3. The molecular weight excluding hydrogens is 715 g/mol. The van der Waals surface area contributed by atoms with Crippen molar-refractivity contribution < 1.29 is 63.3 Å². The summed E-state index contributed by atoms with van der Waals surface area (Å²) in [6.07, 6.45) is -1.18. The maximum Gasteiger partial charge on any atom is 0.352 e. The fourth-order valence-electron chi connectivity index (χ4n) is 6.50. The smallest absolute Gasteiger partial charge is 0.352 e. The molecule has 3 aliphatic heterocycles. The van der Waals surface area contributed by atoms with Crippen LogP contribution in [0, 0.1) is 0 Å². The van der Waals surface area contributed by atoms with Crippen LogP contribution in [0.3, 0.4) is 0 Å². The number of phenols is 2. The van der Waals surface area contributed by atoms with E-state index in [4.69, 9.17) is 20.2 Å². The third-order valence-electron chi connectivity index (χ3n) is 8.95. The topological polar surface area (TPSA) is 288 Å². The lowest BCUT2D eigenvalue weighted by atomic mass is 9.99. The van der Waals surface area contributed by atoms with E-state index in [-0.39, 0.29) is 40.1 Å². The van der Waals surface area contributed by atoms with Crippen molar-refractivity contribution in [3.05, 3.63) is 40.2 Å². The molecule has 3 aliphatic rings. The summed E-state index contributed by atoms with van der Waals surface area (Å²) < 4.78 is 5.81. The Kier molecular flexibility index (Phi) is 9.53. The number of nitrogen functional groups attached to an aromatic ring is 1. The first kappa shape index (κ1) is 35.4. The Hall–Kier alpha value is -5.41. The van der Waals surface area contributed by atoms with Gasteiger partial charge >= 0.3 is 17.9 Å². The molecule has 0 radical (unpaired) electrons. The first-order chi connectivity index (χ1) is 24.2. The number of nitrogens with two attached hydrogens (primary N) is 1. The second kappa shape index (κ2) is 13.7. The third kappa shape index (κ3) is 6.86. The number of nitrogens with one attached hydrogen (secondary N) is 1. The van der Waals surface area contributed by atoms with Crippen LogP contribution in [0.5, 0.6) is 11.5 Å². The van der Waals surface area contributed by atoms with Crippen molar-refractivity contribution in [2.24, 2.45) is 5.16 Å². The van der Waals surface area contributed by atoms with Gasteiger partial charge in [-0.3, -0.25) is 19.3 Å². The Balaban J connectivity index is 1.25. The van der Waals surface area contributed by atoms with E-state index >= 15 is 0 Å². The highest BCUT2D eigenvalue weighted by atomic mass is 32.2. The number of benzene rings is 1. The van der Waals surface area contributed by atoms with E-state index in [1.807, 2.05) is 6.92 Å². The van der Waals surface area contributed by atoms with Crippen LogP contribution in [0.15, 0.2) is 38.5 Å². The van der Waals surface area contributed by atoms with E-state index in [0.29, 0.717) is 40.8 Å². The molecular formula is C30H32N7O12S2+. The number of aliphatic carboxylic acids is 3. The minimum absolute atomic E-state index is 0.0322. The molecule has 6 rings (SSSR count). The van der Waals surface area contributed by atoms with Gasteiger partial charge in [-0.05, 0) is 13.0 Å². The van der Waals surface area contributed by atoms with Gasteiger partial charge in [0, 0.05) is 35.1 Å². The average Bonchev–Trinajstić information content (AvgIpc) is 3.81. The Labute approximate surface area is 295 Å². The molecule has 0 bridgehead atoms. The lowest BCUT2D eigenvalue weighted by molar-refractivity contribution is -0.925. The molecule has 51 heavy (non-hydrogen) atoms. The van der Waals surface area contributed by atoms with Gasteiger partial charge in [-0.2, -0.15) is 0 Å². The predicted octanol–water partition coefficient (Wildman–Crippen LogP) is 0.864. The fraction of sp³-hybridized carbons (Fsp3) is 0.400. The van der Waals surface area contributed by atoms with E-state index in [1.165, 1.54) is 29.3 Å². The molecule has 0 aliphatic carbocycles. The van der Waals surface area contributed by atoms with Gasteiger partial charge in [0.1, 0.15) is 41.6 Å². The SMILES string of the molecule is C[C@@H]1S[C@@H]2[C@H](NC(=O)/C(=N\O[C@@H](CC(=O)O)C(=O)O)c3csc(N)n3)C(=O)N2C(C(=O)O)=C1C[N+]1(Cc2noc3cc(O)c(O)cc23)CCCC1. The predicted molar refractivity (Wildman–Crippen MR) is 177 cm³/mol. The second-order valence-corrected chi connectivity index (χ2v) is 14.7. The molecule has 270 valence electrons. The standard InChI is InChI=1S/C30H31N7O12S2/c1-12-14(9-37(4-2-3-5-37)10-15-13-6-17(38)18(39)7-19(13)48-34-15)24(29(46)47)36-26(43)23(27(36)51-12)33-25(42)22(16-11-50-30(31)32-16)35-49-20(28(44)45)8-21(40)41/h6-7,11-12,20,23,27H,2-5,8-10H2,1H3,(H7-,31,32,33,34,35,38,39,40,41,42,44,45,46,47)/p+1/t12-,20-,23+,27+/m0/s1. The second-order valence-electron chi connectivity index (χ2n) is 12.3. The van der Waals surface area contributed by atoms with Crippen LogP contribution in [-0.2, 0) is 35.4 Å². The van der Waals surface area contributed by atoms with Crippen LogP contribution in [0.25, 0.3) is 11.0 Å². The number of oxime groups is 1. The molecule has 1 aromatic carbocycles. The highest BCUT2D eigenvalue weighted by molar-refractivity contribution is 8.00.